The molecule has 2 saturated heterocycles. The minimum atomic E-state index is -1.27. The minimum absolute atomic E-state index is 0.0579. The summed E-state index contributed by atoms with van der Waals surface area (Å²) in [6, 6.07) is 2.82. The first-order valence-corrected chi connectivity index (χ1v) is 17.4. The van der Waals surface area contributed by atoms with E-state index in [2.05, 4.69) is 15.5 Å². The Balaban J connectivity index is 1.25. The molecule has 0 unspecified atom stereocenters. The predicted molar refractivity (Wildman–Crippen MR) is 181 cm³/mol. The zero-order chi connectivity index (χ0) is 36.5. The maximum absolute atomic E-state index is 13.4. The molecule has 19 heteroatoms. The highest BCUT2D eigenvalue weighted by Crippen LogP contribution is 2.41. The standard InChI is InChI=1S/C31H37N7O10S2/c1-31(2,3)48-21(41)13-47-35-22(18-15-50-30(32)33-18)25(42)34-23-27(44)37-24(29(45)46)17(14-49-28(23)37)12-38(4)9-7-36(8-10-38)26(43)16-5-6-19(39)20(40)11-16/h5-6,11,15,23,28H,7-10,12-14H2,1-4H3,(H5-,32,33,34,35,39,40,42,43,45,46)/p+1/t23-,28+/m1/s1. The highest BCUT2D eigenvalue weighted by molar-refractivity contribution is 8.00. The molecule has 3 aliphatic heterocycles. The molecule has 2 aromatic rings. The number of benzene rings is 1. The largest absolute Gasteiger partial charge is 0.504 e. The van der Waals surface area contributed by atoms with Gasteiger partial charge in [0, 0.05) is 22.3 Å². The fraction of sp³-hybridized carbons (Fsp3) is 0.452. The Hall–Kier alpha value is -4.88. The van der Waals surface area contributed by atoms with E-state index in [-0.39, 0.29) is 51.0 Å². The number of esters is 1. The number of hydrogen-bond donors (Lipinski definition) is 5. The van der Waals surface area contributed by atoms with Crippen molar-refractivity contribution >= 4 is 63.6 Å². The van der Waals surface area contributed by atoms with Crippen molar-refractivity contribution in [2.75, 3.05) is 57.9 Å². The molecule has 3 aliphatic rings. The van der Waals surface area contributed by atoms with Crippen LogP contribution >= 0.6 is 23.1 Å². The van der Waals surface area contributed by atoms with Gasteiger partial charge in [0.1, 0.15) is 35.0 Å². The number of fused-ring (bicyclic) bond motifs is 1. The van der Waals surface area contributed by atoms with Gasteiger partial charge in [-0.3, -0.25) is 19.3 Å². The van der Waals surface area contributed by atoms with Crippen molar-refractivity contribution in [1.29, 1.82) is 0 Å². The first-order valence-electron chi connectivity index (χ1n) is 15.5. The number of ether oxygens (including phenoxy) is 1. The summed E-state index contributed by atoms with van der Waals surface area (Å²) in [5.74, 6) is -4.16. The minimum Gasteiger partial charge on any atom is -0.504 e. The number of nitrogen functional groups attached to an aromatic ring is 1. The number of rotatable bonds is 10. The number of quaternary nitrogens is 1. The van der Waals surface area contributed by atoms with E-state index < -0.39 is 47.4 Å². The van der Waals surface area contributed by atoms with E-state index in [0.717, 1.165) is 11.3 Å². The van der Waals surface area contributed by atoms with Gasteiger partial charge in [-0.1, -0.05) is 5.16 Å². The fourth-order valence-electron chi connectivity index (χ4n) is 5.74. The van der Waals surface area contributed by atoms with Gasteiger partial charge in [-0.15, -0.1) is 23.1 Å². The molecule has 17 nitrogen and oxygen atoms in total. The number of phenols is 2. The number of carboxylic acids is 1. The average Bonchev–Trinajstić information content (AvgIpc) is 3.47. The molecule has 50 heavy (non-hydrogen) atoms. The van der Waals surface area contributed by atoms with Crippen LogP contribution in [0.2, 0.25) is 0 Å². The number of carbonyl (C=O) groups excluding carboxylic acids is 4. The number of oxime groups is 1. The number of nitrogens with two attached hydrogens (primary N) is 1. The molecule has 2 fully saturated rings. The number of amides is 3. The number of aromatic nitrogens is 1. The number of likely N-dealkylation sites (N-methyl/N-ethyl adjacent to an activating group) is 1. The van der Waals surface area contributed by atoms with Crippen LogP contribution in [0.4, 0.5) is 5.13 Å². The molecular formula is C31H38N7O10S2+. The molecule has 0 saturated carbocycles. The van der Waals surface area contributed by atoms with E-state index in [9.17, 15) is 39.3 Å². The number of thioether (sulfide) groups is 1. The molecule has 268 valence electrons. The molecule has 2 atom stereocenters. The van der Waals surface area contributed by atoms with E-state index in [1.165, 1.54) is 40.2 Å². The van der Waals surface area contributed by atoms with Crippen molar-refractivity contribution in [3.05, 3.63) is 46.1 Å². The zero-order valence-electron chi connectivity index (χ0n) is 27.7. The molecule has 5 rings (SSSR count). The molecule has 3 amide bonds. The van der Waals surface area contributed by atoms with Crippen molar-refractivity contribution in [2.24, 2.45) is 5.16 Å². The van der Waals surface area contributed by atoms with Crippen LogP contribution in [-0.2, 0) is 28.8 Å². The van der Waals surface area contributed by atoms with Crippen LogP contribution in [0.1, 0.15) is 36.8 Å². The van der Waals surface area contributed by atoms with Crippen LogP contribution in [-0.4, -0.2) is 139 Å². The smallest absolute Gasteiger partial charge is 0.352 e. The lowest BCUT2D eigenvalue weighted by Crippen LogP contribution is -2.71. The Kier molecular flexibility index (Phi) is 10.3. The lowest BCUT2D eigenvalue weighted by atomic mass is 10.0. The van der Waals surface area contributed by atoms with Crippen molar-refractivity contribution in [1.82, 2.24) is 20.1 Å². The first kappa shape index (κ1) is 36.4. The van der Waals surface area contributed by atoms with Gasteiger partial charge in [-0.2, -0.15) is 0 Å². The van der Waals surface area contributed by atoms with Gasteiger partial charge < -0.3 is 45.3 Å². The summed E-state index contributed by atoms with van der Waals surface area (Å²) in [6.45, 7) is 6.53. The average molecular weight is 733 g/mol. The topological polar surface area (TPSA) is 234 Å². The van der Waals surface area contributed by atoms with E-state index in [1.807, 2.05) is 7.05 Å². The number of anilines is 1. The van der Waals surface area contributed by atoms with Gasteiger partial charge in [0.05, 0.1) is 33.2 Å². The summed E-state index contributed by atoms with van der Waals surface area (Å²) in [6.07, 6.45) is 0. The van der Waals surface area contributed by atoms with Gasteiger partial charge in [-0.05, 0) is 39.0 Å². The molecule has 4 heterocycles. The molecule has 6 N–H and O–H groups in total. The number of β-lactam (4-membered cyclic amide) rings is 1. The van der Waals surface area contributed by atoms with Crippen LogP contribution in [0.5, 0.6) is 11.5 Å². The Bertz CT molecular complexity index is 1780. The van der Waals surface area contributed by atoms with Gasteiger partial charge >= 0.3 is 11.9 Å². The Morgan fingerprint density at radius 1 is 1.16 bits per heavy atom. The second-order valence-corrected chi connectivity index (χ2v) is 15.2. The summed E-state index contributed by atoms with van der Waals surface area (Å²) < 4.78 is 5.60. The number of piperazine rings is 1. The van der Waals surface area contributed by atoms with Crippen molar-refractivity contribution in [2.45, 2.75) is 37.8 Å². The zero-order valence-corrected chi connectivity index (χ0v) is 29.4. The number of nitrogens with zero attached hydrogens (tertiary/aromatic N) is 5. The van der Waals surface area contributed by atoms with Crippen molar-refractivity contribution in [3.63, 3.8) is 0 Å². The maximum Gasteiger partial charge on any atom is 0.352 e. The lowest BCUT2D eigenvalue weighted by molar-refractivity contribution is -0.908. The van der Waals surface area contributed by atoms with Crippen LogP contribution in [0, 0.1) is 0 Å². The summed E-state index contributed by atoms with van der Waals surface area (Å²) >= 11 is 2.36. The number of phenolic OH excluding ortho intramolecular Hbond substituents is 2. The Morgan fingerprint density at radius 3 is 2.46 bits per heavy atom. The summed E-state index contributed by atoms with van der Waals surface area (Å²) in [4.78, 5) is 76.4. The number of thiazole rings is 1. The molecule has 0 spiro atoms. The van der Waals surface area contributed by atoms with E-state index in [1.54, 1.807) is 25.7 Å². The molecule has 1 aromatic carbocycles. The Morgan fingerprint density at radius 2 is 1.86 bits per heavy atom. The highest BCUT2D eigenvalue weighted by Gasteiger charge is 2.55. The number of nitrogens with one attached hydrogen (secondary N) is 1. The third kappa shape index (κ3) is 7.95. The molecule has 0 radical (unpaired) electrons. The normalized spacial score (nSPS) is 20.5. The monoisotopic (exact) mass is 732 g/mol. The number of aromatic hydroxyl groups is 2. The van der Waals surface area contributed by atoms with Crippen LogP contribution in [0.3, 0.4) is 0 Å². The summed E-state index contributed by atoms with van der Waals surface area (Å²) in [5, 5.41) is 36.9. The van der Waals surface area contributed by atoms with Crippen molar-refractivity contribution in [3.8, 4) is 11.5 Å². The number of hydrogen-bond acceptors (Lipinski definition) is 14. The van der Waals surface area contributed by atoms with E-state index in [4.69, 9.17) is 15.3 Å². The molecule has 1 aromatic heterocycles. The van der Waals surface area contributed by atoms with Crippen LogP contribution in [0.15, 0.2) is 40.0 Å². The van der Waals surface area contributed by atoms with Crippen LogP contribution in [0.25, 0.3) is 0 Å². The summed E-state index contributed by atoms with van der Waals surface area (Å²) in [7, 11) is 1.95. The molecule has 0 bridgehead atoms. The third-order valence-electron chi connectivity index (χ3n) is 8.18. The second kappa shape index (κ2) is 14.2. The second-order valence-electron chi connectivity index (χ2n) is 13.2. The number of carboxylic acid groups (broad SMARTS) is 1. The molecule has 0 aliphatic carbocycles. The Labute approximate surface area is 294 Å². The van der Waals surface area contributed by atoms with E-state index >= 15 is 0 Å². The first-order chi connectivity index (χ1) is 23.5. The number of carbonyl (C=O) groups is 5. The summed E-state index contributed by atoms with van der Waals surface area (Å²) in [5.41, 5.74) is 5.36. The lowest BCUT2D eigenvalue weighted by Gasteiger charge is -2.50. The maximum atomic E-state index is 13.4. The van der Waals surface area contributed by atoms with Gasteiger partial charge in [0.25, 0.3) is 17.7 Å². The fourth-order valence-corrected chi connectivity index (χ4v) is 7.63. The number of aliphatic carboxylic acids is 1. The van der Waals surface area contributed by atoms with E-state index in [0.29, 0.717) is 42.8 Å². The predicted octanol–water partition coefficient (Wildman–Crippen LogP) is 0.540. The highest BCUT2D eigenvalue weighted by atomic mass is 32.2. The van der Waals surface area contributed by atoms with Gasteiger partial charge in [0.2, 0.25) is 6.61 Å². The SMILES string of the molecule is CC(C)(C)OC(=O)CON=C(C(=O)N[C@@H]1C(=O)N2C(C(=O)O)=C(C[N+]3(C)CCN(C(=O)c4ccc(O)c(O)c4)CC3)CS[C@@H]12)c1csc(N)n1. The van der Waals surface area contributed by atoms with Crippen molar-refractivity contribution < 1.29 is 53.3 Å². The third-order valence-corrected chi connectivity index (χ3v) is 10.2. The van der Waals surface area contributed by atoms with Gasteiger partial charge in [-0.25, -0.2) is 14.6 Å². The van der Waals surface area contributed by atoms with Gasteiger partial charge in [0.15, 0.2) is 22.3 Å². The van der Waals surface area contributed by atoms with Crippen LogP contribution < -0.4 is 11.1 Å². The molecular weight excluding hydrogens is 695 g/mol. The quantitative estimate of drug-likeness (QED) is 0.0561.